The molecule has 0 atom stereocenters. The maximum Gasteiger partial charge on any atom is 0.0762 e. The van der Waals surface area contributed by atoms with Gasteiger partial charge in [0.25, 0.3) is 0 Å². The van der Waals surface area contributed by atoms with Gasteiger partial charge in [-0.25, -0.2) is 0 Å². The van der Waals surface area contributed by atoms with E-state index in [0.29, 0.717) is 0 Å². The lowest BCUT2D eigenvalue weighted by Gasteiger charge is -2.11. The lowest BCUT2D eigenvalue weighted by atomic mass is 10.1. The first-order valence-electron chi connectivity index (χ1n) is 9.32. The van der Waals surface area contributed by atoms with Gasteiger partial charge in [0.2, 0.25) is 0 Å². The molecule has 2 heterocycles. The SMILES string of the molecule is CCCc1cc(N/C=C(\C=N)c2ncc(NCC3CC3)cc2C)ccn1. The van der Waals surface area contributed by atoms with Crippen molar-refractivity contribution in [3.05, 3.63) is 53.7 Å². The second kappa shape index (κ2) is 8.61. The number of aryl methyl sites for hydroxylation is 2. The highest BCUT2D eigenvalue weighted by molar-refractivity contribution is 6.08. The van der Waals surface area contributed by atoms with Crippen molar-refractivity contribution in [2.45, 2.75) is 39.5 Å². The van der Waals surface area contributed by atoms with E-state index in [2.05, 4.69) is 33.6 Å². The Morgan fingerprint density at radius 2 is 2.12 bits per heavy atom. The van der Waals surface area contributed by atoms with E-state index in [-0.39, 0.29) is 0 Å². The van der Waals surface area contributed by atoms with Crippen molar-refractivity contribution in [2.75, 3.05) is 17.2 Å². The summed E-state index contributed by atoms with van der Waals surface area (Å²) >= 11 is 0. The second-order valence-corrected chi connectivity index (χ2v) is 6.89. The summed E-state index contributed by atoms with van der Waals surface area (Å²) in [5.74, 6) is 0.828. The lowest BCUT2D eigenvalue weighted by molar-refractivity contribution is 0.883. The Balaban J connectivity index is 1.71. The maximum atomic E-state index is 7.77. The molecule has 1 aliphatic rings. The van der Waals surface area contributed by atoms with Crippen LogP contribution in [0.3, 0.4) is 0 Å². The molecular formula is C21H27N5. The van der Waals surface area contributed by atoms with Crippen molar-refractivity contribution in [3.63, 3.8) is 0 Å². The first-order valence-corrected chi connectivity index (χ1v) is 9.32. The van der Waals surface area contributed by atoms with Gasteiger partial charge < -0.3 is 16.0 Å². The molecule has 1 saturated carbocycles. The number of hydrogen-bond donors (Lipinski definition) is 3. The Morgan fingerprint density at radius 1 is 1.27 bits per heavy atom. The zero-order valence-electron chi connectivity index (χ0n) is 15.5. The normalized spacial score (nSPS) is 14.2. The largest absolute Gasteiger partial charge is 0.384 e. The zero-order chi connectivity index (χ0) is 18.4. The van der Waals surface area contributed by atoms with Gasteiger partial charge in [0.1, 0.15) is 0 Å². The highest BCUT2D eigenvalue weighted by atomic mass is 14.9. The molecule has 2 aromatic heterocycles. The van der Waals surface area contributed by atoms with E-state index in [1.807, 2.05) is 37.7 Å². The van der Waals surface area contributed by atoms with Gasteiger partial charge in [-0.3, -0.25) is 9.97 Å². The van der Waals surface area contributed by atoms with Gasteiger partial charge in [-0.05, 0) is 55.9 Å². The third-order valence-electron chi connectivity index (χ3n) is 4.52. The average Bonchev–Trinajstić information content (AvgIpc) is 3.47. The summed E-state index contributed by atoms with van der Waals surface area (Å²) in [6.45, 7) is 5.21. The summed E-state index contributed by atoms with van der Waals surface area (Å²) in [6.07, 6.45) is 11.5. The molecule has 1 fully saturated rings. The van der Waals surface area contributed by atoms with Crippen molar-refractivity contribution in [3.8, 4) is 0 Å². The summed E-state index contributed by atoms with van der Waals surface area (Å²) in [5, 5.41) is 14.5. The van der Waals surface area contributed by atoms with Gasteiger partial charge in [0.15, 0.2) is 0 Å². The first kappa shape index (κ1) is 18.1. The van der Waals surface area contributed by atoms with E-state index in [4.69, 9.17) is 5.41 Å². The molecular weight excluding hydrogens is 322 g/mol. The molecule has 0 spiro atoms. The number of pyridine rings is 2. The van der Waals surface area contributed by atoms with Crippen molar-refractivity contribution in [1.82, 2.24) is 9.97 Å². The van der Waals surface area contributed by atoms with Crippen LogP contribution in [-0.2, 0) is 6.42 Å². The molecule has 3 rings (SSSR count). The zero-order valence-corrected chi connectivity index (χ0v) is 15.5. The molecule has 5 heteroatoms. The molecule has 2 aromatic rings. The van der Waals surface area contributed by atoms with E-state index < -0.39 is 0 Å². The minimum absolute atomic E-state index is 0.755. The van der Waals surface area contributed by atoms with Crippen LogP contribution in [0.15, 0.2) is 36.8 Å². The Bertz CT molecular complexity index is 793. The topological polar surface area (TPSA) is 73.7 Å². The van der Waals surface area contributed by atoms with Gasteiger partial charge in [-0.2, -0.15) is 0 Å². The Hall–Kier alpha value is -2.69. The smallest absolute Gasteiger partial charge is 0.0762 e. The van der Waals surface area contributed by atoms with Gasteiger partial charge in [-0.15, -0.1) is 0 Å². The van der Waals surface area contributed by atoms with Gasteiger partial charge >= 0.3 is 0 Å². The number of allylic oxidation sites excluding steroid dienone is 1. The molecule has 3 N–H and O–H groups in total. The summed E-state index contributed by atoms with van der Waals surface area (Å²) in [5.41, 5.74) is 5.74. The molecule has 0 radical (unpaired) electrons. The van der Waals surface area contributed by atoms with Crippen LogP contribution < -0.4 is 10.6 Å². The monoisotopic (exact) mass is 349 g/mol. The van der Waals surface area contributed by atoms with Crippen LogP contribution in [0.25, 0.3) is 5.57 Å². The van der Waals surface area contributed by atoms with Crippen molar-refractivity contribution < 1.29 is 0 Å². The summed E-state index contributed by atoms with van der Waals surface area (Å²) in [7, 11) is 0. The summed E-state index contributed by atoms with van der Waals surface area (Å²) < 4.78 is 0. The molecule has 1 aliphatic carbocycles. The number of nitrogens with zero attached hydrogens (tertiary/aromatic N) is 2. The second-order valence-electron chi connectivity index (χ2n) is 6.89. The Morgan fingerprint density at radius 3 is 2.81 bits per heavy atom. The minimum atomic E-state index is 0.755. The van der Waals surface area contributed by atoms with Crippen LogP contribution in [0.4, 0.5) is 11.4 Å². The standard InChI is InChI=1S/C21H27N5/c1-3-4-18-10-19(7-8-23-18)25-13-17(11-22)21-15(2)9-20(14-26-21)24-12-16-5-6-16/h7-11,13-14,16,22,24H,3-6,12H2,1-2H3,(H,23,25)/b17-13+,22-11?. The van der Waals surface area contributed by atoms with Crippen LogP contribution in [-0.4, -0.2) is 22.7 Å². The highest BCUT2D eigenvalue weighted by Crippen LogP contribution is 2.29. The molecule has 0 bridgehead atoms. The lowest BCUT2D eigenvalue weighted by Crippen LogP contribution is -2.05. The predicted octanol–water partition coefficient (Wildman–Crippen LogP) is 4.66. The van der Waals surface area contributed by atoms with E-state index >= 15 is 0 Å². The van der Waals surface area contributed by atoms with Gasteiger partial charge in [-0.1, -0.05) is 13.3 Å². The number of rotatable bonds is 9. The Labute approximate surface area is 155 Å². The molecule has 0 saturated heterocycles. The molecule has 0 amide bonds. The quantitative estimate of drug-likeness (QED) is 0.576. The van der Waals surface area contributed by atoms with Crippen molar-refractivity contribution in [1.29, 1.82) is 5.41 Å². The van der Waals surface area contributed by atoms with Crippen LogP contribution in [0.2, 0.25) is 0 Å². The predicted molar refractivity (Wildman–Crippen MR) is 109 cm³/mol. The number of anilines is 2. The third-order valence-corrected chi connectivity index (χ3v) is 4.52. The number of hydrogen-bond acceptors (Lipinski definition) is 5. The molecule has 5 nitrogen and oxygen atoms in total. The van der Waals surface area contributed by atoms with Crippen molar-refractivity contribution in [2.24, 2.45) is 5.92 Å². The molecule has 0 aliphatic heterocycles. The van der Waals surface area contributed by atoms with Gasteiger partial charge in [0.05, 0.1) is 17.6 Å². The van der Waals surface area contributed by atoms with E-state index in [1.165, 1.54) is 19.1 Å². The third kappa shape index (κ3) is 4.91. The van der Waals surface area contributed by atoms with E-state index in [9.17, 15) is 0 Å². The average molecular weight is 349 g/mol. The number of nitrogens with one attached hydrogen (secondary N) is 3. The fraction of sp³-hybridized carbons (Fsp3) is 0.381. The number of aromatic nitrogens is 2. The Kier molecular flexibility index (Phi) is 6.00. The molecule has 26 heavy (non-hydrogen) atoms. The van der Waals surface area contributed by atoms with Crippen LogP contribution in [0.5, 0.6) is 0 Å². The highest BCUT2D eigenvalue weighted by Gasteiger charge is 2.20. The van der Waals surface area contributed by atoms with E-state index in [0.717, 1.165) is 59.2 Å². The molecule has 0 aromatic carbocycles. The van der Waals surface area contributed by atoms with E-state index in [1.54, 1.807) is 0 Å². The maximum absolute atomic E-state index is 7.77. The fourth-order valence-corrected chi connectivity index (χ4v) is 2.86. The molecule has 0 unspecified atom stereocenters. The van der Waals surface area contributed by atoms with Crippen LogP contribution in [0.1, 0.15) is 43.1 Å². The molecule has 136 valence electrons. The van der Waals surface area contributed by atoms with Crippen molar-refractivity contribution >= 4 is 23.2 Å². The summed E-state index contributed by atoms with van der Waals surface area (Å²) in [6, 6.07) is 6.09. The first-order chi connectivity index (χ1) is 12.7. The summed E-state index contributed by atoms with van der Waals surface area (Å²) in [4.78, 5) is 8.94. The fourth-order valence-electron chi connectivity index (χ4n) is 2.86. The van der Waals surface area contributed by atoms with Crippen LogP contribution >= 0.6 is 0 Å². The van der Waals surface area contributed by atoms with Gasteiger partial charge in [0, 0.05) is 42.1 Å². The minimum Gasteiger partial charge on any atom is -0.384 e. The van der Waals surface area contributed by atoms with Crippen LogP contribution in [0, 0.1) is 18.3 Å².